The molecule has 0 fully saturated rings. The van der Waals surface area contributed by atoms with Gasteiger partial charge in [-0.1, -0.05) is 30.3 Å². The normalized spacial score (nSPS) is 11.5. The van der Waals surface area contributed by atoms with Crippen LogP contribution in [0.2, 0.25) is 0 Å². The highest BCUT2D eigenvalue weighted by Gasteiger charge is 2.16. The summed E-state index contributed by atoms with van der Waals surface area (Å²) in [5, 5.41) is 12.7. The maximum Gasteiger partial charge on any atom is 0.186 e. The Balaban J connectivity index is 1.85. The second-order valence-corrected chi connectivity index (χ2v) is 5.79. The van der Waals surface area contributed by atoms with Gasteiger partial charge < -0.3 is 5.73 Å². The van der Waals surface area contributed by atoms with Gasteiger partial charge in [0.1, 0.15) is 5.82 Å². The zero-order chi connectivity index (χ0) is 18.1. The molecule has 2 aromatic carbocycles. The van der Waals surface area contributed by atoms with Gasteiger partial charge in [0.2, 0.25) is 0 Å². The molecule has 6 nitrogen and oxygen atoms in total. The van der Waals surface area contributed by atoms with Crippen molar-refractivity contribution in [3.63, 3.8) is 0 Å². The summed E-state index contributed by atoms with van der Waals surface area (Å²) in [6.45, 7) is 1.90. The second kappa shape index (κ2) is 6.36. The van der Waals surface area contributed by atoms with Crippen LogP contribution in [0.15, 0.2) is 70.9 Å². The van der Waals surface area contributed by atoms with Crippen molar-refractivity contribution in [1.29, 1.82) is 0 Å². The lowest BCUT2D eigenvalue weighted by Gasteiger charge is -2.06. The average molecular weight is 346 g/mol. The van der Waals surface area contributed by atoms with Crippen LogP contribution in [-0.4, -0.2) is 14.6 Å². The van der Waals surface area contributed by atoms with E-state index >= 15 is 0 Å². The zero-order valence-electron chi connectivity index (χ0n) is 14.0. The molecule has 7 heteroatoms. The van der Waals surface area contributed by atoms with E-state index in [1.807, 2.05) is 43.3 Å². The molecule has 0 spiro atoms. The van der Waals surface area contributed by atoms with Gasteiger partial charge in [-0.25, -0.2) is 13.9 Å². The van der Waals surface area contributed by atoms with Gasteiger partial charge >= 0.3 is 0 Å². The quantitative estimate of drug-likeness (QED) is 0.539. The molecule has 0 radical (unpaired) electrons. The third-order valence-electron chi connectivity index (χ3n) is 3.88. The topological polar surface area (TPSA) is 80.9 Å². The van der Waals surface area contributed by atoms with Crippen LogP contribution in [0.3, 0.4) is 0 Å². The molecule has 0 unspecified atom stereocenters. The van der Waals surface area contributed by atoms with Gasteiger partial charge in [-0.2, -0.15) is 5.11 Å². The Morgan fingerprint density at radius 3 is 2.46 bits per heavy atom. The van der Waals surface area contributed by atoms with E-state index in [4.69, 9.17) is 5.73 Å². The predicted octanol–water partition coefficient (Wildman–Crippen LogP) is 4.84. The number of aromatic nitrogens is 3. The van der Waals surface area contributed by atoms with E-state index in [1.54, 1.807) is 4.52 Å². The molecule has 4 rings (SSSR count). The summed E-state index contributed by atoms with van der Waals surface area (Å²) in [7, 11) is 0. The molecule has 0 bridgehead atoms. The number of hydrogen-bond donors (Lipinski definition) is 1. The molecule has 0 saturated heterocycles. The Labute approximate surface area is 148 Å². The summed E-state index contributed by atoms with van der Waals surface area (Å²) in [6.07, 6.45) is 0. The van der Waals surface area contributed by atoms with E-state index in [0.29, 0.717) is 17.0 Å². The zero-order valence-corrected chi connectivity index (χ0v) is 14.0. The Hall–Kier alpha value is -3.61. The minimum absolute atomic E-state index is 0.228. The lowest BCUT2D eigenvalue weighted by Crippen LogP contribution is -1.98. The third kappa shape index (κ3) is 2.90. The Morgan fingerprint density at radius 2 is 1.73 bits per heavy atom. The van der Waals surface area contributed by atoms with Gasteiger partial charge in [0.05, 0.1) is 11.4 Å². The third-order valence-corrected chi connectivity index (χ3v) is 3.88. The number of rotatable bonds is 3. The van der Waals surface area contributed by atoms with Crippen LogP contribution >= 0.6 is 0 Å². The molecule has 26 heavy (non-hydrogen) atoms. The van der Waals surface area contributed by atoms with E-state index in [-0.39, 0.29) is 11.6 Å². The maximum atomic E-state index is 13.0. The molecule has 2 aromatic heterocycles. The molecule has 0 aliphatic carbocycles. The van der Waals surface area contributed by atoms with Gasteiger partial charge in [-0.05, 0) is 37.3 Å². The smallest absolute Gasteiger partial charge is 0.186 e. The predicted molar refractivity (Wildman–Crippen MR) is 98.1 cm³/mol. The minimum Gasteiger partial charge on any atom is -0.380 e. The number of nitrogens with two attached hydrogens (primary N) is 1. The van der Waals surface area contributed by atoms with E-state index in [1.165, 1.54) is 24.3 Å². The van der Waals surface area contributed by atoms with Crippen LogP contribution in [0.4, 0.5) is 21.6 Å². The van der Waals surface area contributed by atoms with Crippen LogP contribution in [-0.2, 0) is 0 Å². The van der Waals surface area contributed by atoms with Crippen molar-refractivity contribution in [3.05, 3.63) is 72.2 Å². The molecule has 4 aromatic rings. The van der Waals surface area contributed by atoms with Crippen molar-refractivity contribution >= 4 is 22.8 Å². The molecule has 128 valence electrons. The lowest BCUT2D eigenvalue weighted by molar-refractivity contribution is 0.628. The van der Waals surface area contributed by atoms with Crippen LogP contribution in [0.5, 0.6) is 0 Å². The first kappa shape index (κ1) is 15.9. The number of nitrogen functional groups attached to an aromatic ring is 1. The van der Waals surface area contributed by atoms with Crippen molar-refractivity contribution in [3.8, 4) is 11.3 Å². The van der Waals surface area contributed by atoms with Crippen molar-refractivity contribution in [2.75, 3.05) is 5.73 Å². The summed E-state index contributed by atoms with van der Waals surface area (Å²) in [4.78, 5) is 4.52. The fourth-order valence-corrected chi connectivity index (χ4v) is 2.67. The summed E-state index contributed by atoms with van der Waals surface area (Å²) in [6, 6.07) is 17.5. The van der Waals surface area contributed by atoms with Gasteiger partial charge in [0, 0.05) is 11.3 Å². The molecular formula is C19H15FN6. The summed E-state index contributed by atoms with van der Waals surface area (Å²) in [5.74, 6) is -0.101. The molecule has 0 amide bonds. The van der Waals surface area contributed by atoms with Crippen molar-refractivity contribution < 1.29 is 4.39 Å². The first-order valence-corrected chi connectivity index (χ1v) is 8.00. The molecule has 0 aliphatic rings. The number of aryl methyl sites for hydroxylation is 1. The summed E-state index contributed by atoms with van der Waals surface area (Å²) < 4.78 is 14.7. The fraction of sp³-hybridized carbons (Fsp3) is 0.0526. The largest absolute Gasteiger partial charge is 0.380 e. The monoisotopic (exact) mass is 346 g/mol. The lowest BCUT2D eigenvalue weighted by atomic mass is 10.1. The van der Waals surface area contributed by atoms with Gasteiger partial charge in [-0.3, -0.25) is 0 Å². The number of halogens is 1. The maximum absolute atomic E-state index is 13.0. The van der Waals surface area contributed by atoms with E-state index < -0.39 is 0 Å². The summed E-state index contributed by atoms with van der Waals surface area (Å²) in [5.41, 5.74) is 10.1. The molecule has 0 atom stereocenters. The highest BCUT2D eigenvalue weighted by Crippen LogP contribution is 2.31. The number of hydrogen-bond acceptors (Lipinski definition) is 5. The number of benzene rings is 2. The first-order valence-electron chi connectivity index (χ1n) is 8.00. The standard InChI is InChI=1S/C19H15FN6/c1-12-11-16(13-5-3-2-4-6-13)26-19(22-12)17(18(21)25-26)24-23-15-9-7-14(20)8-10-15/h2-11H,1H3,(H2,21,25). The Morgan fingerprint density at radius 1 is 1.00 bits per heavy atom. The van der Waals surface area contributed by atoms with Gasteiger partial charge in [0.25, 0.3) is 0 Å². The Bertz CT molecular complexity index is 1100. The number of anilines is 1. The number of nitrogens with zero attached hydrogens (tertiary/aromatic N) is 5. The Kier molecular flexibility index (Phi) is 3.89. The van der Waals surface area contributed by atoms with E-state index in [2.05, 4.69) is 20.3 Å². The van der Waals surface area contributed by atoms with Crippen LogP contribution in [0.1, 0.15) is 5.69 Å². The van der Waals surface area contributed by atoms with Crippen LogP contribution in [0.25, 0.3) is 16.9 Å². The fourth-order valence-electron chi connectivity index (χ4n) is 2.67. The summed E-state index contributed by atoms with van der Waals surface area (Å²) >= 11 is 0. The van der Waals surface area contributed by atoms with Crippen LogP contribution in [0, 0.1) is 12.7 Å². The second-order valence-electron chi connectivity index (χ2n) is 5.79. The molecule has 2 heterocycles. The van der Waals surface area contributed by atoms with Gasteiger partial charge in [-0.15, -0.1) is 10.2 Å². The molecule has 0 saturated carbocycles. The van der Waals surface area contributed by atoms with E-state index in [0.717, 1.165) is 17.0 Å². The van der Waals surface area contributed by atoms with Gasteiger partial charge in [0.15, 0.2) is 17.2 Å². The van der Waals surface area contributed by atoms with Crippen molar-refractivity contribution in [2.24, 2.45) is 10.2 Å². The average Bonchev–Trinajstić information content (AvgIpc) is 2.96. The van der Waals surface area contributed by atoms with Crippen molar-refractivity contribution in [1.82, 2.24) is 14.6 Å². The highest BCUT2D eigenvalue weighted by molar-refractivity contribution is 5.78. The number of azo groups is 1. The highest BCUT2D eigenvalue weighted by atomic mass is 19.1. The SMILES string of the molecule is Cc1cc(-c2ccccc2)n2nc(N)c(N=Nc3ccc(F)cc3)c2n1. The number of fused-ring (bicyclic) bond motifs is 1. The van der Waals surface area contributed by atoms with Crippen LogP contribution < -0.4 is 5.73 Å². The van der Waals surface area contributed by atoms with E-state index in [9.17, 15) is 4.39 Å². The molecule has 0 aliphatic heterocycles. The van der Waals surface area contributed by atoms with Crippen molar-refractivity contribution in [2.45, 2.75) is 6.92 Å². The minimum atomic E-state index is -0.329. The molecule has 2 N–H and O–H groups in total. The first-order chi connectivity index (χ1) is 12.6. The molecular weight excluding hydrogens is 331 g/mol.